The van der Waals surface area contributed by atoms with E-state index in [1.807, 2.05) is 6.92 Å². The van der Waals surface area contributed by atoms with Crippen molar-refractivity contribution in [3.05, 3.63) is 39.9 Å². The number of likely N-dealkylation sites (tertiary alicyclic amines) is 1. The Balaban J connectivity index is 1.75. The second-order valence-electron chi connectivity index (χ2n) is 8.81. The van der Waals surface area contributed by atoms with Gasteiger partial charge in [0.15, 0.2) is 5.82 Å². The Hall–Kier alpha value is -2.15. The van der Waals surface area contributed by atoms with Crippen LogP contribution in [0.3, 0.4) is 0 Å². The van der Waals surface area contributed by atoms with E-state index >= 15 is 0 Å². The van der Waals surface area contributed by atoms with Gasteiger partial charge in [-0.2, -0.15) is 13.2 Å². The molecule has 1 saturated heterocycles. The molecule has 0 spiro atoms. The van der Waals surface area contributed by atoms with Gasteiger partial charge < -0.3 is 9.80 Å². The number of hydrogen-bond acceptors (Lipinski definition) is 4. The Morgan fingerprint density at radius 2 is 1.70 bits per heavy atom. The molecule has 0 aliphatic carbocycles. The number of rotatable bonds is 2. The number of benzene rings is 1. The zero-order valence-corrected chi connectivity index (χ0v) is 18.1. The highest BCUT2D eigenvalue weighted by atomic mass is 19.4. The summed E-state index contributed by atoms with van der Waals surface area (Å²) in [5.41, 5.74) is 4.27. The number of hydrogen-bond donors (Lipinski definition) is 0. The minimum Gasteiger partial charge on any atom is -0.351 e. The largest absolute Gasteiger partial charge is 0.416 e. The molecule has 0 unspecified atom stereocenters. The number of piperidine rings is 1. The van der Waals surface area contributed by atoms with Crippen LogP contribution in [0.2, 0.25) is 0 Å². The van der Waals surface area contributed by atoms with Crippen LogP contribution >= 0.6 is 0 Å². The summed E-state index contributed by atoms with van der Waals surface area (Å²) >= 11 is 0. The monoisotopic (exact) mass is 418 g/mol. The van der Waals surface area contributed by atoms with Gasteiger partial charge in [-0.1, -0.05) is 0 Å². The second-order valence-corrected chi connectivity index (χ2v) is 8.81. The highest BCUT2D eigenvalue weighted by Crippen LogP contribution is 2.39. The van der Waals surface area contributed by atoms with E-state index in [2.05, 4.69) is 27.0 Å². The maximum absolute atomic E-state index is 13.2. The third kappa shape index (κ3) is 3.80. The van der Waals surface area contributed by atoms with E-state index in [0.29, 0.717) is 22.9 Å². The standard InChI is InChI=1S/C23H29F3N4/c1-14-11-17(23(24,25)26)12-15(2)20(14)21-16(3)19-8-6-10-30(22(19)28-27-21)18-7-5-9-29(4)13-18/h11-12,18H,5-10,13H2,1-4H3/t18-/m1/s1. The highest BCUT2D eigenvalue weighted by Gasteiger charge is 2.33. The summed E-state index contributed by atoms with van der Waals surface area (Å²) in [7, 11) is 2.16. The number of halogens is 3. The van der Waals surface area contributed by atoms with E-state index < -0.39 is 11.7 Å². The number of likely N-dealkylation sites (N-methyl/N-ethyl adjacent to an activating group) is 1. The average Bonchev–Trinajstić information content (AvgIpc) is 2.68. The summed E-state index contributed by atoms with van der Waals surface area (Å²) in [5, 5.41) is 9.18. The van der Waals surface area contributed by atoms with Gasteiger partial charge in [-0.3, -0.25) is 0 Å². The minimum atomic E-state index is -4.35. The zero-order chi connectivity index (χ0) is 21.6. The van der Waals surface area contributed by atoms with Crippen LogP contribution in [0, 0.1) is 20.8 Å². The first-order chi connectivity index (χ1) is 14.2. The van der Waals surface area contributed by atoms with Crippen molar-refractivity contribution in [3.8, 4) is 11.3 Å². The fourth-order valence-electron chi connectivity index (χ4n) is 5.09. The van der Waals surface area contributed by atoms with Crippen LogP contribution in [-0.4, -0.2) is 47.8 Å². The Labute approximate surface area is 176 Å². The fraction of sp³-hybridized carbons (Fsp3) is 0.565. The summed E-state index contributed by atoms with van der Waals surface area (Å²) < 4.78 is 39.6. The predicted octanol–water partition coefficient (Wildman–Crippen LogP) is 4.93. The van der Waals surface area contributed by atoms with Crippen molar-refractivity contribution in [2.45, 2.75) is 58.7 Å². The molecule has 0 radical (unpaired) electrons. The normalized spacial score (nSPS) is 20.4. The van der Waals surface area contributed by atoms with Crippen LogP contribution in [-0.2, 0) is 12.6 Å². The zero-order valence-electron chi connectivity index (χ0n) is 18.1. The van der Waals surface area contributed by atoms with E-state index in [1.54, 1.807) is 13.8 Å². The molecule has 0 saturated carbocycles. The van der Waals surface area contributed by atoms with Gasteiger partial charge in [0.25, 0.3) is 0 Å². The molecule has 1 aromatic carbocycles. The van der Waals surface area contributed by atoms with Gasteiger partial charge >= 0.3 is 6.18 Å². The molecule has 162 valence electrons. The SMILES string of the molecule is Cc1cc(C(F)(F)F)cc(C)c1-c1nnc2c(c1C)CCCN2[C@@H]1CCCN(C)C1. The van der Waals surface area contributed by atoms with Crippen molar-refractivity contribution in [2.75, 3.05) is 31.6 Å². The van der Waals surface area contributed by atoms with Gasteiger partial charge in [0.05, 0.1) is 11.3 Å². The number of anilines is 1. The van der Waals surface area contributed by atoms with Crippen LogP contribution in [0.1, 0.15) is 47.1 Å². The first-order valence-electron chi connectivity index (χ1n) is 10.7. The second kappa shape index (κ2) is 7.84. The van der Waals surface area contributed by atoms with Gasteiger partial charge in [0, 0.05) is 30.3 Å². The summed E-state index contributed by atoms with van der Waals surface area (Å²) in [6.07, 6.45) is -0.0191. The minimum absolute atomic E-state index is 0.442. The molecule has 0 amide bonds. The van der Waals surface area contributed by atoms with Gasteiger partial charge in [0.1, 0.15) is 0 Å². The van der Waals surface area contributed by atoms with E-state index in [0.717, 1.165) is 55.8 Å². The molecule has 0 bridgehead atoms. The number of fused-ring (bicyclic) bond motifs is 1. The molecule has 2 aromatic rings. The molecule has 0 N–H and O–H groups in total. The maximum Gasteiger partial charge on any atom is 0.416 e. The summed E-state index contributed by atoms with van der Waals surface area (Å²) in [6.45, 7) is 8.63. The van der Waals surface area contributed by atoms with E-state index in [1.165, 1.54) is 24.1 Å². The Morgan fingerprint density at radius 1 is 1.00 bits per heavy atom. The van der Waals surface area contributed by atoms with Crippen molar-refractivity contribution in [1.29, 1.82) is 0 Å². The molecule has 2 aliphatic heterocycles. The van der Waals surface area contributed by atoms with Crippen molar-refractivity contribution >= 4 is 5.82 Å². The molecule has 4 nitrogen and oxygen atoms in total. The van der Waals surface area contributed by atoms with Gasteiger partial charge in [-0.25, -0.2) is 0 Å². The summed E-state index contributed by atoms with van der Waals surface area (Å²) in [4.78, 5) is 4.77. The quantitative estimate of drug-likeness (QED) is 0.692. The molecule has 2 aliphatic rings. The third-order valence-corrected chi connectivity index (χ3v) is 6.56. The molecular weight excluding hydrogens is 389 g/mol. The lowest BCUT2D eigenvalue weighted by atomic mass is 9.91. The van der Waals surface area contributed by atoms with Gasteiger partial charge in [-0.15, -0.1) is 10.2 Å². The molecule has 1 aromatic heterocycles. The van der Waals surface area contributed by atoms with Crippen molar-refractivity contribution in [1.82, 2.24) is 15.1 Å². The van der Waals surface area contributed by atoms with Gasteiger partial charge in [-0.05, 0) is 88.9 Å². The lowest BCUT2D eigenvalue weighted by molar-refractivity contribution is -0.137. The summed E-state index contributed by atoms with van der Waals surface area (Å²) in [6, 6.07) is 2.87. The first-order valence-corrected chi connectivity index (χ1v) is 10.7. The third-order valence-electron chi connectivity index (χ3n) is 6.56. The smallest absolute Gasteiger partial charge is 0.351 e. The molecule has 7 heteroatoms. The lowest BCUT2D eigenvalue weighted by Crippen LogP contribution is -2.49. The Morgan fingerprint density at radius 3 is 2.33 bits per heavy atom. The van der Waals surface area contributed by atoms with Crippen molar-refractivity contribution < 1.29 is 13.2 Å². The van der Waals surface area contributed by atoms with Crippen LogP contribution in [0.15, 0.2) is 12.1 Å². The lowest BCUT2D eigenvalue weighted by Gasteiger charge is -2.41. The predicted molar refractivity (Wildman–Crippen MR) is 113 cm³/mol. The molecule has 30 heavy (non-hydrogen) atoms. The van der Waals surface area contributed by atoms with Crippen LogP contribution < -0.4 is 4.90 Å². The summed E-state index contributed by atoms with van der Waals surface area (Å²) in [5.74, 6) is 0.963. The van der Waals surface area contributed by atoms with Crippen molar-refractivity contribution in [3.63, 3.8) is 0 Å². The number of nitrogens with zero attached hydrogens (tertiary/aromatic N) is 4. The maximum atomic E-state index is 13.2. The Bertz CT molecular complexity index is 931. The van der Waals surface area contributed by atoms with Crippen molar-refractivity contribution in [2.24, 2.45) is 0 Å². The van der Waals surface area contributed by atoms with Crippen LogP contribution in [0.4, 0.5) is 19.0 Å². The van der Waals surface area contributed by atoms with Crippen LogP contribution in [0.5, 0.6) is 0 Å². The molecule has 3 heterocycles. The van der Waals surface area contributed by atoms with Gasteiger partial charge in [0.2, 0.25) is 0 Å². The van der Waals surface area contributed by atoms with Crippen LogP contribution in [0.25, 0.3) is 11.3 Å². The molecule has 4 rings (SSSR count). The topological polar surface area (TPSA) is 32.3 Å². The van der Waals surface area contributed by atoms with E-state index in [9.17, 15) is 13.2 Å². The fourth-order valence-corrected chi connectivity index (χ4v) is 5.09. The molecular formula is C23H29F3N4. The molecule has 1 fully saturated rings. The highest BCUT2D eigenvalue weighted by molar-refractivity contribution is 5.73. The number of aromatic nitrogens is 2. The number of alkyl halides is 3. The van der Waals surface area contributed by atoms with E-state index in [-0.39, 0.29) is 0 Å². The Kier molecular flexibility index (Phi) is 5.51. The average molecular weight is 419 g/mol. The molecule has 1 atom stereocenters. The van der Waals surface area contributed by atoms with E-state index in [4.69, 9.17) is 0 Å². The first kappa shape index (κ1) is 21.1. The number of aryl methyl sites for hydroxylation is 2.